The third kappa shape index (κ3) is 4.12. The summed E-state index contributed by atoms with van der Waals surface area (Å²) in [4.78, 5) is 22.6. The number of ether oxygens (including phenoxy) is 1. The van der Waals surface area contributed by atoms with Crippen molar-refractivity contribution in [3.63, 3.8) is 0 Å². The number of methoxy groups -OCH3 is 1. The topological polar surface area (TPSA) is 68.4 Å². The number of hydrogen-bond donors (Lipinski definition) is 1. The van der Waals surface area contributed by atoms with Crippen LogP contribution in [0.25, 0.3) is 0 Å². The second kappa shape index (κ2) is 8.67. The van der Waals surface area contributed by atoms with Gasteiger partial charge in [0.05, 0.1) is 19.2 Å². The zero-order chi connectivity index (χ0) is 21.4. The van der Waals surface area contributed by atoms with Gasteiger partial charge in [-0.25, -0.2) is 4.98 Å². The van der Waals surface area contributed by atoms with E-state index < -0.39 is 0 Å². The van der Waals surface area contributed by atoms with Crippen LogP contribution >= 0.6 is 11.3 Å². The van der Waals surface area contributed by atoms with E-state index in [1.165, 1.54) is 28.2 Å². The lowest BCUT2D eigenvalue weighted by molar-refractivity contribution is 0.0726. The molecule has 30 heavy (non-hydrogen) atoms. The van der Waals surface area contributed by atoms with Crippen molar-refractivity contribution in [2.45, 2.75) is 71.9 Å². The molecule has 1 aliphatic heterocycles. The molecular weight excluding hydrogens is 394 g/mol. The van der Waals surface area contributed by atoms with Crippen LogP contribution in [0, 0.1) is 26.7 Å². The molecule has 3 heterocycles. The normalized spacial score (nSPS) is 21.6. The van der Waals surface area contributed by atoms with Crippen molar-refractivity contribution in [3.05, 3.63) is 43.8 Å². The first-order chi connectivity index (χ1) is 14.4. The number of carbonyl (C=O) groups excluding carboxylic acids is 1. The van der Waals surface area contributed by atoms with E-state index in [0.29, 0.717) is 24.4 Å². The largest absolute Gasteiger partial charge is 0.481 e. The van der Waals surface area contributed by atoms with Crippen LogP contribution in [0.2, 0.25) is 0 Å². The van der Waals surface area contributed by atoms with Crippen molar-refractivity contribution in [3.8, 4) is 5.88 Å². The summed E-state index contributed by atoms with van der Waals surface area (Å²) in [6.07, 6.45) is 6.72. The number of nitrogens with zero attached hydrogens (tertiary/aromatic N) is 2. The molecule has 1 amide bonds. The van der Waals surface area contributed by atoms with Gasteiger partial charge in [0.1, 0.15) is 0 Å². The molecule has 4 rings (SSSR count). The summed E-state index contributed by atoms with van der Waals surface area (Å²) in [7, 11) is 1.65. The average Bonchev–Trinajstić information content (AvgIpc) is 3.03. The standard InChI is InChI=1S/C24H33N3O2S/c1-14-11-15(2)26-23(29-4)19(14)13-27-10-9-20-22(24(27)28)16(3)21(30-20)12-17-5-7-18(25)8-6-17/h11,17-18H,5-10,12-13,25H2,1-4H3. The Bertz CT molecular complexity index is 944. The fraction of sp³-hybridized carbons (Fsp3) is 0.583. The van der Waals surface area contributed by atoms with Crippen LogP contribution in [0.1, 0.15) is 68.2 Å². The van der Waals surface area contributed by atoms with Gasteiger partial charge in [0.2, 0.25) is 5.88 Å². The first-order valence-corrected chi connectivity index (χ1v) is 11.9. The quantitative estimate of drug-likeness (QED) is 0.771. The zero-order valence-corrected chi connectivity index (χ0v) is 19.4. The summed E-state index contributed by atoms with van der Waals surface area (Å²) in [5.74, 6) is 1.49. The lowest BCUT2D eigenvalue weighted by Crippen LogP contribution is -2.37. The van der Waals surface area contributed by atoms with Crippen molar-refractivity contribution in [2.75, 3.05) is 13.7 Å². The van der Waals surface area contributed by atoms with E-state index in [1.807, 2.05) is 23.2 Å². The molecule has 0 spiro atoms. The van der Waals surface area contributed by atoms with E-state index in [4.69, 9.17) is 10.5 Å². The van der Waals surface area contributed by atoms with E-state index >= 15 is 0 Å². The number of nitrogens with two attached hydrogens (primary N) is 1. The second-order valence-corrected chi connectivity index (χ2v) is 10.2. The molecule has 0 bridgehead atoms. The maximum absolute atomic E-state index is 13.4. The Morgan fingerprint density at radius 2 is 1.97 bits per heavy atom. The van der Waals surface area contributed by atoms with Gasteiger partial charge in [-0.2, -0.15) is 0 Å². The van der Waals surface area contributed by atoms with E-state index in [0.717, 1.165) is 54.6 Å². The highest BCUT2D eigenvalue weighted by atomic mass is 32.1. The number of hydrogen-bond acceptors (Lipinski definition) is 5. The molecule has 2 aromatic rings. The maximum atomic E-state index is 13.4. The van der Waals surface area contributed by atoms with Gasteiger partial charge in [0, 0.05) is 40.0 Å². The molecule has 2 aliphatic rings. The van der Waals surface area contributed by atoms with Crippen LogP contribution in [0.4, 0.5) is 0 Å². The first-order valence-electron chi connectivity index (χ1n) is 11.0. The fourth-order valence-corrected chi connectivity index (χ4v) is 6.37. The Morgan fingerprint density at radius 3 is 2.67 bits per heavy atom. The number of pyridine rings is 1. The minimum Gasteiger partial charge on any atom is -0.481 e. The Balaban J connectivity index is 1.54. The summed E-state index contributed by atoms with van der Waals surface area (Å²) in [5, 5.41) is 0. The minimum absolute atomic E-state index is 0.156. The number of rotatable bonds is 5. The Morgan fingerprint density at radius 1 is 1.23 bits per heavy atom. The number of fused-ring (bicyclic) bond motifs is 1. The molecule has 5 nitrogen and oxygen atoms in total. The highest BCUT2D eigenvalue weighted by Gasteiger charge is 2.31. The van der Waals surface area contributed by atoms with Gasteiger partial charge in [-0.1, -0.05) is 0 Å². The molecular formula is C24H33N3O2S. The summed E-state index contributed by atoms with van der Waals surface area (Å²) in [6.45, 7) is 7.47. The van der Waals surface area contributed by atoms with Crippen LogP contribution in [-0.4, -0.2) is 35.5 Å². The minimum atomic E-state index is 0.156. The van der Waals surface area contributed by atoms with E-state index in [-0.39, 0.29) is 5.91 Å². The Hall–Kier alpha value is -1.92. The van der Waals surface area contributed by atoms with Gasteiger partial charge in [0.15, 0.2) is 0 Å². The second-order valence-electron chi connectivity index (χ2n) is 8.98. The molecule has 0 aromatic carbocycles. The molecule has 1 saturated carbocycles. The monoisotopic (exact) mass is 427 g/mol. The van der Waals surface area contributed by atoms with Gasteiger partial charge in [-0.15, -0.1) is 11.3 Å². The Labute approximate surface area is 183 Å². The maximum Gasteiger partial charge on any atom is 0.255 e. The fourth-order valence-electron chi connectivity index (χ4n) is 4.96. The third-order valence-corrected chi connectivity index (χ3v) is 8.15. The van der Waals surface area contributed by atoms with Crippen molar-refractivity contribution >= 4 is 17.2 Å². The molecule has 1 fully saturated rings. The smallest absolute Gasteiger partial charge is 0.255 e. The molecule has 0 unspecified atom stereocenters. The highest BCUT2D eigenvalue weighted by molar-refractivity contribution is 7.12. The number of aromatic nitrogens is 1. The predicted octanol–water partition coefficient (Wildman–Crippen LogP) is 4.34. The average molecular weight is 428 g/mol. The predicted molar refractivity (Wildman–Crippen MR) is 121 cm³/mol. The van der Waals surface area contributed by atoms with Gasteiger partial charge < -0.3 is 15.4 Å². The first kappa shape index (κ1) is 21.3. The molecule has 2 aromatic heterocycles. The number of amides is 1. The third-order valence-electron chi connectivity index (χ3n) is 6.77. The van der Waals surface area contributed by atoms with Crippen molar-refractivity contribution in [2.24, 2.45) is 11.7 Å². The lowest BCUT2D eigenvalue weighted by atomic mass is 9.83. The van der Waals surface area contributed by atoms with Crippen molar-refractivity contribution in [1.29, 1.82) is 0 Å². The van der Waals surface area contributed by atoms with Crippen LogP contribution < -0.4 is 10.5 Å². The van der Waals surface area contributed by atoms with E-state index in [1.54, 1.807) is 7.11 Å². The number of thiophene rings is 1. The Kier molecular flexibility index (Phi) is 6.16. The highest BCUT2D eigenvalue weighted by Crippen LogP contribution is 2.37. The van der Waals surface area contributed by atoms with Crippen LogP contribution in [0.5, 0.6) is 5.88 Å². The molecule has 0 atom stereocenters. The van der Waals surface area contributed by atoms with Crippen molar-refractivity contribution < 1.29 is 9.53 Å². The summed E-state index contributed by atoms with van der Waals surface area (Å²) >= 11 is 1.87. The van der Waals surface area contributed by atoms with Gasteiger partial charge >= 0.3 is 0 Å². The summed E-state index contributed by atoms with van der Waals surface area (Å²) in [5.41, 5.74) is 11.3. The molecule has 6 heteroatoms. The summed E-state index contributed by atoms with van der Waals surface area (Å²) < 4.78 is 5.52. The SMILES string of the molecule is COc1nc(C)cc(C)c1CN1CCc2sc(CC3CCC(N)CC3)c(C)c2C1=O. The number of aryl methyl sites for hydroxylation is 2. The van der Waals surface area contributed by atoms with Gasteiger partial charge in [-0.05, 0) is 76.0 Å². The molecule has 1 aliphatic carbocycles. The summed E-state index contributed by atoms with van der Waals surface area (Å²) in [6, 6.07) is 2.44. The molecule has 0 radical (unpaired) electrons. The number of carbonyl (C=O) groups is 1. The van der Waals surface area contributed by atoms with Crippen LogP contribution in [0.3, 0.4) is 0 Å². The molecule has 2 N–H and O–H groups in total. The van der Waals surface area contributed by atoms with E-state index in [2.05, 4.69) is 24.9 Å². The lowest BCUT2D eigenvalue weighted by Gasteiger charge is -2.28. The van der Waals surface area contributed by atoms with Gasteiger partial charge in [-0.3, -0.25) is 4.79 Å². The van der Waals surface area contributed by atoms with E-state index in [9.17, 15) is 4.79 Å². The van der Waals surface area contributed by atoms with Crippen LogP contribution in [-0.2, 0) is 19.4 Å². The van der Waals surface area contributed by atoms with Crippen molar-refractivity contribution in [1.82, 2.24) is 9.88 Å². The van der Waals surface area contributed by atoms with Crippen LogP contribution in [0.15, 0.2) is 6.07 Å². The zero-order valence-electron chi connectivity index (χ0n) is 18.6. The molecule has 0 saturated heterocycles. The molecule has 162 valence electrons. The van der Waals surface area contributed by atoms with Gasteiger partial charge in [0.25, 0.3) is 5.91 Å².